The Morgan fingerprint density at radius 3 is 2.82 bits per heavy atom. The number of para-hydroxylation sites is 1. The molecule has 0 atom stereocenters. The molecule has 90 valence electrons. The average molecular weight is 231 g/mol. The zero-order valence-corrected chi connectivity index (χ0v) is 10.2. The van der Waals surface area contributed by atoms with Crippen molar-refractivity contribution in [2.24, 2.45) is 0 Å². The minimum atomic E-state index is -0.169. The quantitative estimate of drug-likeness (QED) is 0.853. The lowest BCUT2D eigenvalue weighted by molar-refractivity contribution is 0.471. The molecule has 0 aliphatic heterocycles. The van der Waals surface area contributed by atoms with Gasteiger partial charge in [-0.05, 0) is 31.4 Å². The van der Waals surface area contributed by atoms with Crippen LogP contribution in [-0.4, -0.2) is 10.1 Å². The predicted octanol–water partition coefficient (Wildman–Crippen LogP) is 2.88. The van der Waals surface area contributed by atoms with Crippen LogP contribution in [0.25, 0.3) is 10.9 Å². The molecule has 2 aromatic rings. The van der Waals surface area contributed by atoms with Gasteiger partial charge in [0.2, 0.25) is 0 Å². The number of aromatic nitrogens is 1. The molecule has 0 bridgehead atoms. The topological polar surface area (TPSA) is 53.1 Å². The van der Waals surface area contributed by atoms with E-state index in [-0.39, 0.29) is 11.3 Å². The van der Waals surface area contributed by atoms with E-state index < -0.39 is 0 Å². The van der Waals surface area contributed by atoms with Crippen LogP contribution in [-0.2, 0) is 6.42 Å². The van der Waals surface area contributed by atoms with Crippen molar-refractivity contribution >= 4 is 10.9 Å². The summed E-state index contributed by atoms with van der Waals surface area (Å²) >= 11 is 0. The number of rotatable bonds is 3. The second-order valence-corrected chi connectivity index (χ2v) is 4.38. The Labute approximate surface area is 100 Å². The summed E-state index contributed by atoms with van der Waals surface area (Å²) in [5.41, 5.74) is 2.04. The van der Waals surface area contributed by atoms with Crippen molar-refractivity contribution in [3.63, 3.8) is 0 Å². The molecule has 0 aliphatic rings. The Balaban J connectivity index is 2.68. The first-order valence-electron chi connectivity index (χ1n) is 5.98. The fourth-order valence-electron chi connectivity index (χ4n) is 2.08. The van der Waals surface area contributed by atoms with E-state index in [0.29, 0.717) is 12.0 Å². The highest BCUT2D eigenvalue weighted by molar-refractivity contribution is 5.88. The van der Waals surface area contributed by atoms with E-state index in [2.05, 4.69) is 11.9 Å². The summed E-state index contributed by atoms with van der Waals surface area (Å²) in [5, 5.41) is 10.9. The number of aromatic amines is 1. The molecule has 2 rings (SSSR count). The van der Waals surface area contributed by atoms with Crippen LogP contribution in [0.4, 0.5) is 0 Å². The molecular formula is C14H17NO2. The highest BCUT2D eigenvalue weighted by atomic mass is 16.3. The lowest BCUT2D eigenvalue weighted by Gasteiger charge is -2.08. The van der Waals surface area contributed by atoms with Crippen LogP contribution >= 0.6 is 0 Å². The third kappa shape index (κ3) is 2.05. The minimum absolute atomic E-state index is 0.140. The summed E-state index contributed by atoms with van der Waals surface area (Å²) in [6.07, 6.45) is 2.54. The number of aromatic hydroxyl groups is 1. The molecule has 1 aromatic carbocycles. The van der Waals surface area contributed by atoms with Gasteiger partial charge >= 0.3 is 0 Å². The van der Waals surface area contributed by atoms with E-state index in [4.69, 9.17) is 0 Å². The molecule has 1 heterocycles. The number of H-pyrrole nitrogens is 1. The minimum Gasteiger partial charge on any atom is -0.507 e. The van der Waals surface area contributed by atoms with E-state index in [1.54, 1.807) is 0 Å². The van der Waals surface area contributed by atoms with Crippen molar-refractivity contribution < 1.29 is 5.11 Å². The van der Waals surface area contributed by atoms with Crippen molar-refractivity contribution in [1.29, 1.82) is 0 Å². The second-order valence-electron chi connectivity index (χ2n) is 4.38. The number of aryl methyl sites for hydroxylation is 1. The van der Waals surface area contributed by atoms with Gasteiger partial charge in [-0.1, -0.05) is 25.5 Å². The first-order valence-corrected chi connectivity index (χ1v) is 5.98. The largest absolute Gasteiger partial charge is 0.507 e. The molecule has 0 saturated heterocycles. The first-order chi connectivity index (χ1) is 8.15. The van der Waals surface area contributed by atoms with Gasteiger partial charge in [-0.15, -0.1) is 0 Å². The fourth-order valence-corrected chi connectivity index (χ4v) is 2.08. The second kappa shape index (κ2) is 4.62. The number of benzene rings is 1. The summed E-state index contributed by atoms with van der Waals surface area (Å²) in [6.45, 7) is 3.99. The average Bonchev–Trinajstić information content (AvgIpc) is 2.31. The Bertz CT molecular complexity index is 599. The van der Waals surface area contributed by atoms with E-state index in [1.807, 2.05) is 25.1 Å². The van der Waals surface area contributed by atoms with Crippen molar-refractivity contribution in [2.45, 2.75) is 33.1 Å². The van der Waals surface area contributed by atoms with E-state index in [0.717, 1.165) is 29.3 Å². The highest BCUT2D eigenvalue weighted by Gasteiger charge is 2.11. The SMILES string of the molecule is CCCCc1c(O)c2cccc(C)c2[nH]c1=O. The molecule has 0 fully saturated rings. The summed E-state index contributed by atoms with van der Waals surface area (Å²) in [4.78, 5) is 14.8. The van der Waals surface area contributed by atoms with Crippen molar-refractivity contribution in [2.75, 3.05) is 0 Å². The molecule has 0 amide bonds. The van der Waals surface area contributed by atoms with Crippen molar-refractivity contribution in [3.05, 3.63) is 39.7 Å². The first kappa shape index (κ1) is 11.7. The Morgan fingerprint density at radius 1 is 1.35 bits per heavy atom. The molecule has 0 unspecified atom stereocenters. The Morgan fingerprint density at radius 2 is 2.12 bits per heavy atom. The van der Waals surface area contributed by atoms with E-state index >= 15 is 0 Å². The van der Waals surface area contributed by atoms with E-state index in [1.165, 1.54) is 0 Å². The molecule has 3 heteroatoms. The molecule has 0 aliphatic carbocycles. The van der Waals surface area contributed by atoms with Gasteiger partial charge in [0.25, 0.3) is 5.56 Å². The van der Waals surface area contributed by atoms with Crippen molar-refractivity contribution in [1.82, 2.24) is 4.98 Å². The Kier molecular flexibility index (Phi) is 3.18. The monoisotopic (exact) mass is 231 g/mol. The van der Waals surface area contributed by atoms with Gasteiger partial charge < -0.3 is 10.1 Å². The van der Waals surface area contributed by atoms with Gasteiger partial charge in [0, 0.05) is 5.39 Å². The van der Waals surface area contributed by atoms with Gasteiger partial charge in [-0.2, -0.15) is 0 Å². The molecule has 0 spiro atoms. The highest BCUT2D eigenvalue weighted by Crippen LogP contribution is 2.27. The summed E-state index contributed by atoms with van der Waals surface area (Å²) < 4.78 is 0. The number of unbranched alkanes of at least 4 members (excludes halogenated alkanes) is 1. The molecule has 3 nitrogen and oxygen atoms in total. The zero-order valence-electron chi connectivity index (χ0n) is 10.2. The smallest absolute Gasteiger partial charge is 0.255 e. The maximum atomic E-state index is 11.9. The van der Waals surface area contributed by atoms with Gasteiger partial charge in [-0.3, -0.25) is 4.79 Å². The molecule has 17 heavy (non-hydrogen) atoms. The zero-order chi connectivity index (χ0) is 12.4. The number of hydrogen-bond acceptors (Lipinski definition) is 2. The van der Waals surface area contributed by atoms with E-state index in [9.17, 15) is 9.90 Å². The molecular weight excluding hydrogens is 214 g/mol. The number of hydrogen-bond donors (Lipinski definition) is 2. The molecule has 0 saturated carbocycles. The van der Waals surface area contributed by atoms with Crippen LogP contribution in [0.5, 0.6) is 5.75 Å². The van der Waals surface area contributed by atoms with Gasteiger partial charge in [0.05, 0.1) is 11.1 Å². The standard InChI is InChI=1S/C14H17NO2/c1-3-4-7-11-13(16)10-8-5-6-9(2)12(10)15-14(11)17/h5-6,8H,3-4,7H2,1-2H3,(H2,15,16,17). The number of nitrogens with one attached hydrogen (secondary N) is 1. The predicted molar refractivity (Wildman–Crippen MR) is 69.6 cm³/mol. The summed E-state index contributed by atoms with van der Waals surface area (Å²) in [6, 6.07) is 5.64. The van der Waals surface area contributed by atoms with Crippen LogP contribution in [0, 0.1) is 6.92 Å². The van der Waals surface area contributed by atoms with Crippen LogP contribution in [0.2, 0.25) is 0 Å². The van der Waals surface area contributed by atoms with Gasteiger partial charge in [0.15, 0.2) is 0 Å². The van der Waals surface area contributed by atoms with Crippen molar-refractivity contribution in [3.8, 4) is 5.75 Å². The Hall–Kier alpha value is -1.77. The normalized spacial score (nSPS) is 10.9. The van der Waals surface area contributed by atoms with Crippen LogP contribution < -0.4 is 5.56 Å². The van der Waals surface area contributed by atoms with Gasteiger partial charge in [0.1, 0.15) is 5.75 Å². The fraction of sp³-hybridized carbons (Fsp3) is 0.357. The molecule has 2 N–H and O–H groups in total. The lowest BCUT2D eigenvalue weighted by Crippen LogP contribution is -2.13. The summed E-state index contributed by atoms with van der Waals surface area (Å²) in [5.74, 6) is 0.140. The summed E-state index contributed by atoms with van der Waals surface area (Å²) in [7, 11) is 0. The number of fused-ring (bicyclic) bond motifs is 1. The van der Waals surface area contributed by atoms with Crippen LogP contribution in [0.15, 0.2) is 23.0 Å². The number of pyridine rings is 1. The maximum Gasteiger partial charge on any atom is 0.255 e. The third-order valence-electron chi connectivity index (χ3n) is 3.11. The molecule has 1 aromatic heterocycles. The lowest BCUT2D eigenvalue weighted by atomic mass is 10.0. The van der Waals surface area contributed by atoms with Gasteiger partial charge in [-0.25, -0.2) is 0 Å². The third-order valence-corrected chi connectivity index (χ3v) is 3.11. The van der Waals surface area contributed by atoms with Crippen LogP contribution in [0.1, 0.15) is 30.9 Å². The molecule has 0 radical (unpaired) electrons. The maximum absolute atomic E-state index is 11.9. The van der Waals surface area contributed by atoms with Crippen LogP contribution in [0.3, 0.4) is 0 Å².